The number of imidazole rings is 1. The van der Waals surface area contributed by atoms with Crippen LogP contribution in [0.15, 0.2) is 48.5 Å². The second-order valence-corrected chi connectivity index (χ2v) is 5.00. The monoisotopic (exact) mass is 271 g/mol. The van der Waals surface area contributed by atoms with Crippen LogP contribution in [0.3, 0.4) is 0 Å². The van der Waals surface area contributed by atoms with Crippen molar-refractivity contribution in [2.75, 3.05) is 5.73 Å². The summed E-state index contributed by atoms with van der Waals surface area (Å²) in [5.41, 5.74) is 9.11. The predicted molar refractivity (Wildman–Crippen MR) is 79.4 cm³/mol. The largest absolute Gasteiger partial charge is 0.369 e. The van der Waals surface area contributed by atoms with E-state index >= 15 is 0 Å². The van der Waals surface area contributed by atoms with Gasteiger partial charge in [-0.1, -0.05) is 35.9 Å². The van der Waals surface area contributed by atoms with Gasteiger partial charge in [0.2, 0.25) is 5.95 Å². The van der Waals surface area contributed by atoms with E-state index < -0.39 is 0 Å². The number of fused-ring (bicyclic) bond motifs is 1. The molecule has 0 radical (unpaired) electrons. The summed E-state index contributed by atoms with van der Waals surface area (Å²) >= 11 is 6.05. The third-order valence-electron chi connectivity index (χ3n) is 3.34. The molecule has 1 aromatic heterocycles. The van der Waals surface area contributed by atoms with Gasteiger partial charge >= 0.3 is 0 Å². The van der Waals surface area contributed by atoms with Gasteiger partial charge in [0.1, 0.15) is 0 Å². The van der Waals surface area contributed by atoms with Crippen molar-refractivity contribution in [1.29, 1.82) is 0 Å². The lowest BCUT2D eigenvalue weighted by Crippen LogP contribution is -2.10. The number of benzene rings is 2. The van der Waals surface area contributed by atoms with Crippen molar-refractivity contribution in [2.24, 2.45) is 0 Å². The normalized spacial score (nSPS) is 12.7. The average molecular weight is 272 g/mol. The summed E-state index contributed by atoms with van der Waals surface area (Å²) in [6.07, 6.45) is 0. The van der Waals surface area contributed by atoms with Crippen LogP contribution in [0.2, 0.25) is 5.02 Å². The number of aromatic nitrogens is 2. The molecule has 0 spiro atoms. The van der Waals surface area contributed by atoms with Gasteiger partial charge in [0.05, 0.1) is 17.1 Å². The summed E-state index contributed by atoms with van der Waals surface area (Å²) < 4.78 is 2.03. The van der Waals surface area contributed by atoms with Crippen molar-refractivity contribution >= 4 is 28.6 Å². The Morgan fingerprint density at radius 1 is 1.16 bits per heavy atom. The minimum absolute atomic E-state index is 0.0890. The Kier molecular flexibility index (Phi) is 2.91. The van der Waals surface area contributed by atoms with E-state index in [1.54, 1.807) is 0 Å². The van der Waals surface area contributed by atoms with Crippen LogP contribution in [0.1, 0.15) is 18.5 Å². The molecule has 0 saturated heterocycles. The highest BCUT2D eigenvalue weighted by Gasteiger charge is 2.15. The van der Waals surface area contributed by atoms with E-state index in [2.05, 4.69) is 11.9 Å². The molecule has 3 nitrogen and oxygen atoms in total. The number of halogens is 1. The van der Waals surface area contributed by atoms with Gasteiger partial charge in [0.25, 0.3) is 0 Å². The predicted octanol–water partition coefficient (Wildman–Crippen LogP) is 3.88. The van der Waals surface area contributed by atoms with Crippen molar-refractivity contribution in [3.05, 3.63) is 59.1 Å². The van der Waals surface area contributed by atoms with Gasteiger partial charge in [-0.3, -0.25) is 0 Å². The van der Waals surface area contributed by atoms with E-state index in [1.807, 2.05) is 53.1 Å². The molecule has 2 aromatic carbocycles. The second kappa shape index (κ2) is 4.59. The highest BCUT2D eigenvalue weighted by Crippen LogP contribution is 2.28. The first-order valence-corrected chi connectivity index (χ1v) is 6.52. The van der Waals surface area contributed by atoms with Crippen LogP contribution >= 0.6 is 11.6 Å². The molecular weight excluding hydrogens is 258 g/mol. The molecule has 4 heteroatoms. The Bertz CT molecular complexity index is 733. The molecule has 96 valence electrons. The number of rotatable bonds is 2. The van der Waals surface area contributed by atoms with Crippen LogP contribution < -0.4 is 5.73 Å². The number of nitrogens with two attached hydrogens (primary N) is 1. The topological polar surface area (TPSA) is 43.8 Å². The Morgan fingerprint density at radius 3 is 2.74 bits per heavy atom. The average Bonchev–Trinajstić information content (AvgIpc) is 2.74. The van der Waals surface area contributed by atoms with Gasteiger partial charge in [-0.2, -0.15) is 0 Å². The summed E-state index contributed by atoms with van der Waals surface area (Å²) in [4.78, 5) is 4.39. The quantitative estimate of drug-likeness (QED) is 0.769. The van der Waals surface area contributed by atoms with E-state index in [4.69, 9.17) is 17.3 Å². The molecule has 0 bridgehead atoms. The lowest BCUT2D eigenvalue weighted by atomic mass is 10.1. The first kappa shape index (κ1) is 12.1. The molecule has 0 aliphatic heterocycles. The van der Waals surface area contributed by atoms with Gasteiger partial charge in [0, 0.05) is 5.02 Å². The van der Waals surface area contributed by atoms with Gasteiger partial charge in [-0.05, 0) is 36.8 Å². The van der Waals surface area contributed by atoms with Gasteiger partial charge in [0.15, 0.2) is 0 Å². The molecule has 1 unspecified atom stereocenters. The van der Waals surface area contributed by atoms with Crippen LogP contribution in [-0.2, 0) is 0 Å². The molecule has 3 rings (SSSR count). The molecule has 1 atom stereocenters. The SMILES string of the molecule is CC(c1cccc(Cl)c1)n1c(N)nc2ccccc21. The van der Waals surface area contributed by atoms with Crippen molar-refractivity contribution in [1.82, 2.24) is 9.55 Å². The maximum Gasteiger partial charge on any atom is 0.201 e. The van der Waals surface area contributed by atoms with E-state index in [1.165, 1.54) is 0 Å². The Hall–Kier alpha value is -2.00. The molecule has 1 heterocycles. The van der Waals surface area contributed by atoms with E-state index in [0.717, 1.165) is 21.6 Å². The first-order chi connectivity index (χ1) is 9.16. The van der Waals surface area contributed by atoms with Crippen LogP contribution in [0.4, 0.5) is 5.95 Å². The molecule has 0 aliphatic carbocycles. The van der Waals surface area contributed by atoms with Crippen LogP contribution in [0.25, 0.3) is 11.0 Å². The van der Waals surface area contributed by atoms with E-state index in [0.29, 0.717) is 5.95 Å². The fraction of sp³-hybridized carbons (Fsp3) is 0.133. The zero-order valence-electron chi connectivity index (χ0n) is 10.5. The minimum Gasteiger partial charge on any atom is -0.369 e. The highest BCUT2D eigenvalue weighted by atomic mass is 35.5. The molecule has 0 fully saturated rings. The summed E-state index contributed by atoms with van der Waals surface area (Å²) in [6.45, 7) is 2.09. The molecule has 19 heavy (non-hydrogen) atoms. The zero-order valence-corrected chi connectivity index (χ0v) is 11.3. The summed E-state index contributed by atoms with van der Waals surface area (Å²) in [6, 6.07) is 15.9. The van der Waals surface area contributed by atoms with Gasteiger partial charge in [-0.25, -0.2) is 4.98 Å². The smallest absolute Gasteiger partial charge is 0.201 e. The lowest BCUT2D eigenvalue weighted by Gasteiger charge is -2.16. The van der Waals surface area contributed by atoms with Crippen molar-refractivity contribution < 1.29 is 0 Å². The standard InChI is InChI=1S/C15H14ClN3/c1-10(11-5-4-6-12(16)9-11)19-14-8-3-2-7-13(14)18-15(19)17/h2-10H,1H3,(H2,17,18). The molecule has 3 aromatic rings. The van der Waals surface area contributed by atoms with Crippen molar-refractivity contribution in [2.45, 2.75) is 13.0 Å². The summed E-state index contributed by atoms with van der Waals surface area (Å²) in [5, 5.41) is 0.729. The zero-order chi connectivity index (χ0) is 13.4. The van der Waals surface area contributed by atoms with Crippen LogP contribution in [-0.4, -0.2) is 9.55 Å². The number of hydrogen-bond acceptors (Lipinski definition) is 2. The molecule has 0 amide bonds. The second-order valence-electron chi connectivity index (χ2n) is 4.56. The van der Waals surface area contributed by atoms with Crippen LogP contribution in [0, 0.1) is 0 Å². The number of anilines is 1. The fourth-order valence-electron chi connectivity index (χ4n) is 2.39. The van der Waals surface area contributed by atoms with Crippen LogP contribution in [0.5, 0.6) is 0 Å². The fourth-order valence-corrected chi connectivity index (χ4v) is 2.58. The molecular formula is C15H14ClN3. The first-order valence-electron chi connectivity index (χ1n) is 6.15. The van der Waals surface area contributed by atoms with Crippen molar-refractivity contribution in [3.8, 4) is 0 Å². The van der Waals surface area contributed by atoms with Gasteiger partial charge in [-0.15, -0.1) is 0 Å². The minimum atomic E-state index is 0.0890. The Balaban J connectivity index is 2.16. The Labute approximate surface area is 116 Å². The number of nitrogens with zero attached hydrogens (tertiary/aromatic N) is 2. The maximum absolute atomic E-state index is 6.05. The summed E-state index contributed by atoms with van der Waals surface area (Å²) in [5.74, 6) is 0.522. The molecule has 0 saturated carbocycles. The molecule has 2 N–H and O–H groups in total. The number of para-hydroxylation sites is 2. The third-order valence-corrected chi connectivity index (χ3v) is 3.58. The van der Waals surface area contributed by atoms with E-state index in [9.17, 15) is 0 Å². The third kappa shape index (κ3) is 2.06. The molecule has 0 aliphatic rings. The van der Waals surface area contributed by atoms with E-state index in [-0.39, 0.29) is 6.04 Å². The summed E-state index contributed by atoms with van der Waals surface area (Å²) in [7, 11) is 0. The maximum atomic E-state index is 6.05. The number of nitrogen functional groups attached to an aromatic ring is 1. The number of hydrogen-bond donors (Lipinski definition) is 1. The van der Waals surface area contributed by atoms with Gasteiger partial charge < -0.3 is 10.3 Å². The lowest BCUT2D eigenvalue weighted by molar-refractivity contribution is 0.668. The van der Waals surface area contributed by atoms with Crippen molar-refractivity contribution in [3.63, 3.8) is 0 Å². The Morgan fingerprint density at radius 2 is 1.95 bits per heavy atom. The highest BCUT2D eigenvalue weighted by molar-refractivity contribution is 6.30.